The zero-order valence-corrected chi connectivity index (χ0v) is 10.9. The molecule has 0 amide bonds. The van der Waals surface area contributed by atoms with Crippen molar-refractivity contribution in [3.63, 3.8) is 0 Å². The van der Waals surface area contributed by atoms with Crippen LogP contribution in [0.15, 0.2) is 22.0 Å². The first-order chi connectivity index (χ1) is 8.72. The minimum atomic E-state index is -0.420. The monoisotopic (exact) mass is 287 g/mol. The smallest absolute Gasteiger partial charge is 0.206 e. The zero-order chi connectivity index (χ0) is 12.5. The standard InChI is InChI=1S/C11H11ClFN3OS/c12-7-3-9-10(4-8(7)13)18-16-11(15-9)14-6-1-2-17-5-6/h3-4,6H,1-2,5H2,(H2,14,15,16). The van der Waals surface area contributed by atoms with Gasteiger partial charge in [-0.1, -0.05) is 11.6 Å². The molecule has 0 saturated carbocycles. The third-order valence-electron chi connectivity index (χ3n) is 2.75. The third-order valence-corrected chi connectivity index (χ3v) is 3.89. The predicted octanol–water partition coefficient (Wildman–Crippen LogP) is 2.65. The summed E-state index contributed by atoms with van der Waals surface area (Å²) in [5.41, 5.74) is 0.766. The van der Waals surface area contributed by atoms with Gasteiger partial charge in [-0.3, -0.25) is 4.72 Å². The van der Waals surface area contributed by atoms with Gasteiger partial charge in [-0.05, 0) is 30.5 Å². The maximum atomic E-state index is 13.3. The molecule has 1 fully saturated rings. The highest BCUT2D eigenvalue weighted by Crippen LogP contribution is 2.33. The van der Waals surface area contributed by atoms with Crippen LogP contribution in [0.25, 0.3) is 0 Å². The van der Waals surface area contributed by atoms with E-state index in [9.17, 15) is 4.39 Å². The lowest BCUT2D eigenvalue weighted by Crippen LogP contribution is -2.31. The van der Waals surface area contributed by atoms with E-state index < -0.39 is 5.82 Å². The molecule has 1 unspecified atom stereocenters. The van der Waals surface area contributed by atoms with Crippen LogP contribution in [0.2, 0.25) is 5.02 Å². The quantitative estimate of drug-likeness (QED) is 0.780. The first-order valence-corrected chi connectivity index (χ1v) is 6.76. The normalized spacial score (nSPS) is 24.6. The number of rotatable bonds is 1. The lowest BCUT2D eigenvalue weighted by atomic mass is 10.3. The number of hydrogen-bond donors (Lipinski definition) is 2. The summed E-state index contributed by atoms with van der Waals surface area (Å²) in [6.07, 6.45) is 0.925. The molecular weight excluding hydrogens is 277 g/mol. The number of fused-ring (bicyclic) bond motifs is 1. The van der Waals surface area contributed by atoms with Gasteiger partial charge in [-0.2, -0.15) is 0 Å². The highest BCUT2D eigenvalue weighted by Gasteiger charge is 2.20. The summed E-state index contributed by atoms with van der Waals surface area (Å²) in [4.78, 5) is 5.26. The van der Waals surface area contributed by atoms with Crippen molar-refractivity contribution in [3.05, 3.63) is 23.0 Å². The van der Waals surface area contributed by atoms with E-state index in [-0.39, 0.29) is 11.1 Å². The number of halogens is 2. The minimum Gasteiger partial charge on any atom is -0.379 e. The SMILES string of the molecule is Fc1cc2c(cc1Cl)NC(=NC1CCOC1)NS2. The second-order valence-corrected chi connectivity index (χ2v) is 5.34. The molecule has 0 aliphatic carbocycles. The molecular formula is C11H11ClFN3OS. The van der Waals surface area contributed by atoms with Crippen molar-refractivity contribution in [1.29, 1.82) is 0 Å². The maximum Gasteiger partial charge on any atom is 0.206 e. The molecule has 2 aliphatic rings. The summed E-state index contributed by atoms with van der Waals surface area (Å²) in [6.45, 7) is 1.40. The van der Waals surface area contributed by atoms with Crippen molar-refractivity contribution < 1.29 is 9.13 Å². The van der Waals surface area contributed by atoms with Crippen LogP contribution in [0.1, 0.15) is 6.42 Å². The fraction of sp³-hybridized carbons (Fsp3) is 0.364. The molecule has 1 aromatic rings. The van der Waals surface area contributed by atoms with Crippen LogP contribution in [-0.4, -0.2) is 25.2 Å². The number of nitrogens with zero attached hydrogens (tertiary/aromatic N) is 1. The molecule has 2 heterocycles. The van der Waals surface area contributed by atoms with E-state index >= 15 is 0 Å². The van der Waals surface area contributed by atoms with Crippen LogP contribution in [0.4, 0.5) is 10.1 Å². The molecule has 7 heteroatoms. The Kier molecular flexibility index (Phi) is 3.32. The summed E-state index contributed by atoms with van der Waals surface area (Å²) in [7, 11) is 0. The predicted molar refractivity (Wildman–Crippen MR) is 70.7 cm³/mol. The van der Waals surface area contributed by atoms with Gasteiger partial charge in [0, 0.05) is 6.61 Å². The zero-order valence-electron chi connectivity index (χ0n) is 9.37. The van der Waals surface area contributed by atoms with E-state index in [2.05, 4.69) is 15.0 Å². The Labute approximate surface area is 113 Å². The van der Waals surface area contributed by atoms with E-state index in [1.165, 1.54) is 18.0 Å². The van der Waals surface area contributed by atoms with Gasteiger partial charge in [-0.25, -0.2) is 9.38 Å². The highest BCUT2D eigenvalue weighted by atomic mass is 35.5. The third kappa shape index (κ3) is 2.41. The fourth-order valence-corrected chi connectivity index (χ4v) is 2.69. The summed E-state index contributed by atoms with van der Waals surface area (Å²) < 4.78 is 21.6. The van der Waals surface area contributed by atoms with Crippen molar-refractivity contribution in [2.75, 3.05) is 18.5 Å². The summed E-state index contributed by atoms with van der Waals surface area (Å²) in [5, 5.41) is 3.21. The molecule has 1 aromatic carbocycles. The molecule has 0 aromatic heterocycles. The van der Waals surface area contributed by atoms with Crippen molar-refractivity contribution >= 4 is 35.2 Å². The fourth-order valence-electron chi connectivity index (χ4n) is 1.83. The Morgan fingerprint density at radius 2 is 2.39 bits per heavy atom. The Bertz CT molecular complexity index is 505. The Morgan fingerprint density at radius 3 is 3.17 bits per heavy atom. The van der Waals surface area contributed by atoms with E-state index in [4.69, 9.17) is 16.3 Å². The molecule has 96 valence electrons. The molecule has 1 saturated heterocycles. The van der Waals surface area contributed by atoms with Crippen molar-refractivity contribution in [1.82, 2.24) is 4.72 Å². The van der Waals surface area contributed by atoms with Gasteiger partial charge in [-0.15, -0.1) is 0 Å². The number of hydrogen-bond acceptors (Lipinski definition) is 3. The van der Waals surface area contributed by atoms with Gasteiger partial charge in [0.05, 0.1) is 28.3 Å². The minimum absolute atomic E-state index is 0.104. The van der Waals surface area contributed by atoms with Crippen molar-refractivity contribution in [3.8, 4) is 0 Å². The maximum absolute atomic E-state index is 13.3. The molecule has 0 spiro atoms. The van der Waals surface area contributed by atoms with Gasteiger partial charge >= 0.3 is 0 Å². The lowest BCUT2D eigenvalue weighted by molar-refractivity contribution is 0.194. The van der Waals surface area contributed by atoms with Gasteiger partial charge in [0.1, 0.15) is 5.82 Å². The Balaban J connectivity index is 1.82. The molecule has 2 aliphatic heterocycles. The number of aliphatic imine (C=N–C) groups is 1. The Morgan fingerprint density at radius 1 is 1.50 bits per heavy atom. The lowest BCUT2D eigenvalue weighted by Gasteiger charge is -2.21. The molecule has 2 N–H and O–H groups in total. The highest BCUT2D eigenvalue weighted by molar-refractivity contribution is 7.98. The van der Waals surface area contributed by atoms with E-state index in [1.54, 1.807) is 6.07 Å². The topological polar surface area (TPSA) is 45.7 Å². The summed E-state index contributed by atoms with van der Waals surface area (Å²) >= 11 is 7.08. The average Bonchev–Trinajstić information content (AvgIpc) is 2.84. The van der Waals surface area contributed by atoms with E-state index in [1.807, 2.05) is 0 Å². The van der Waals surface area contributed by atoms with Gasteiger partial charge in [0.2, 0.25) is 5.96 Å². The van der Waals surface area contributed by atoms with Crippen LogP contribution < -0.4 is 10.0 Å². The number of guanidine groups is 1. The second-order valence-electron chi connectivity index (χ2n) is 4.09. The van der Waals surface area contributed by atoms with Gasteiger partial charge in [0.25, 0.3) is 0 Å². The van der Waals surface area contributed by atoms with E-state index in [0.29, 0.717) is 12.6 Å². The Hall–Kier alpha value is -0.980. The first-order valence-electron chi connectivity index (χ1n) is 5.57. The molecule has 18 heavy (non-hydrogen) atoms. The number of anilines is 1. The molecule has 0 bridgehead atoms. The van der Waals surface area contributed by atoms with Crippen LogP contribution in [0, 0.1) is 5.82 Å². The first kappa shape index (κ1) is 12.1. The number of ether oxygens (including phenoxy) is 1. The summed E-state index contributed by atoms with van der Waals surface area (Å²) in [5.74, 6) is 0.238. The van der Waals surface area contributed by atoms with Crippen molar-refractivity contribution in [2.45, 2.75) is 17.4 Å². The van der Waals surface area contributed by atoms with Gasteiger partial charge in [0.15, 0.2) is 0 Å². The number of benzene rings is 1. The van der Waals surface area contributed by atoms with Crippen molar-refractivity contribution in [2.24, 2.45) is 4.99 Å². The second kappa shape index (κ2) is 4.95. The largest absolute Gasteiger partial charge is 0.379 e. The summed E-state index contributed by atoms with van der Waals surface area (Å²) in [6, 6.07) is 3.15. The van der Waals surface area contributed by atoms with E-state index in [0.717, 1.165) is 23.6 Å². The molecule has 4 nitrogen and oxygen atoms in total. The van der Waals surface area contributed by atoms with Crippen LogP contribution in [0.3, 0.4) is 0 Å². The van der Waals surface area contributed by atoms with Crippen LogP contribution in [-0.2, 0) is 4.74 Å². The molecule has 1 atom stereocenters. The van der Waals surface area contributed by atoms with Crippen LogP contribution in [0.5, 0.6) is 0 Å². The molecule has 0 radical (unpaired) electrons. The molecule has 3 rings (SSSR count). The van der Waals surface area contributed by atoms with Crippen LogP contribution >= 0.6 is 23.5 Å². The van der Waals surface area contributed by atoms with Gasteiger partial charge < -0.3 is 10.1 Å². The number of nitrogens with one attached hydrogen (secondary N) is 2. The average molecular weight is 288 g/mol.